The highest BCUT2D eigenvalue weighted by Gasteiger charge is 2.15. The number of carboxylic acid groups (broad SMARTS) is 1. The van der Waals surface area contributed by atoms with Gasteiger partial charge in [0.05, 0.1) is 16.8 Å². The number of aromatic carboxylic acids is 1. The number of pyridine rings is 1. The fourth-order valence-electron chi connectivity index (χ4n) is 1.87. The van der Waals surface area contributed by atoms with Crippen molar-refractivity contribution in [3.05, 3.63) is 54.0 Å². The summed E-state index contributed by atoms with van der Waals surface area (Å²) in [5, 5.41) is 11.1. The molecule has 0 saturated carbocycles. The third-order valence-electron chi connectivity index (χ3n) is 2.76. The number of fused-ring (bicyclic) bond motifs is 1. The van der Waals surface area contributed by atoms with E-state index in [0.717, 1.165) is 40.0 Å². The Morgan fingerprint density at radius 3 is 2.85 bits per heavy atom. The van der Waals surface area contributed by atoms with Crippen molar-refractivity contribution in [3.63, 3.8) is 0 Å². The van der Waals surface area contributed by atoms with Crippen LogP contribution in [0.4, 0.5) is 4.39 Å². The van der Waals surface area contributed by atoms with Crippen LogP contribution in [0, 0.1) is 5.82 Å². The van der Waals surface area contributed by atoms with Crippen molar-refractivity contribution in [2.75, 3.05) is 0 Å². The molecular weight excluding hydrogens is 279 g/mol. The number of rotatable bonds is 3. The number of hydrogen-bond acceptors (Lipinski definition) is 3. The maximum atomic E-state index is 13.1. The van der Waals surface area contributed by atoms with Crippen LogP contribution >= 0.6 is 11.8 Å². The normalized spacial score (nSPS) is 10.8. The Labute approximate surface area is 117 Å². The highest BCUT2D eigenvalue weighted by Crippen LogP contribution is 2.30. The molecule has 0 aliphatic rings. The molecule has 6 heteroatoms. The maximum Gasteiger partial charge on any atom is 0.338 e. The summed E-state index contributed by atoms with van der Waals surface area (Å²) >= 11 is 1.16. The summed E-state index contributed by atoms with van der Waals surface area (Å²) in [7, 11) is 0. The number of H-pyrrole nitrogens is 1. The predicted octanol–water partition coefficient (Wildman–Crippen LogP) is 3.55. The molecule has 20 heavy (non-hydrogen) atoms. The van der Waals surface area contributed by atoms with Gasteiger partial charge >= 0.3 is 5.97 Å². The van der Waals surface area contributed by atoms with Gasteiger partial charge in [0, 0.05) is 10.9 Å². The Bertz CT molecular complexity index is 768. The van der Waals surface area contributed by atoms with E-state index in [1.165, 1.54) is 0 Å². The molecular formula is C14H9FN2O2S. The lowest BCUT2D eigenvalue weighted by Crippen LogP contribution is -2.01. The Balaban J connectivity index is 2.00. The fourth-order valence-corrected chi connectivity index (χ4v) is 2.78. The monoisotopic (exact) mass is 288 g/mol. The molecule has 4 nitrogen and oxygen atoms in total. The topological polar surface area (TPSA) is 66.0 Å². The van der Waals surface area contributed by atoms with Gasteiger partial charge in [0.1, 0.15) is 10.8 Å². The Kier molecular flexibility index (Phi) is 3.15. The number of nitrogens with one attached hydrogen (secondary N) is 1. The third kappa shape index (κ3) is 2.37. The minimum absolute atomic E-state index is 0.145. The zero-order chi connectivity index (χ0) is 14.1. The second-order valence-electron chi connectivity index (χ2n) is 4.13. The van der Waals surface area contributed by atoms with Crippen LogP contribution in [0.1, 0.15) is 10.4 Å². The summed E-state index contributed by atoms with van der Waals surface area (Å²) in [6.45, 7) is 0. The first kappa shape index (κ1) is 12.7. The highest BCUT2D eigenvalue weighted by atomic mass is 32.2. The van der Waals surface area contributed by atoms with Crippen LogP contribution in [0.25, 0.3) is 10.9 Å². The molecule has 0 aliphatic carbocycles. The summed E-state index contributed by atoms with van der Waals surface area (Å²) in [6, 6.07) is 10.6. The molecule has 0 saturated heterocycles. The van der Waals surface area contributed by atoms with Gasteiger partial charge < -0.3 is 10.1 Å². The maximum absolute atomic E-state index is 13.1. The van der Waals surface area contributed by atoms with Crippen molar-refractivity contribution < 1.29 is 14.3 Å². The number of halogens is 1. The van der Waals surface area contributed by atoms with E-state index in [4.69, 9.17) is 5.11 Å². The molecule has 0 aliphatic heterocycles. The average molecular weight is 288 g/mol. The molecule has 0 atom stereocenters. The number of carbonyl (C=O) groups is 1. The number of nitrogens with zero attached hydrogens (tertiary/aromatic N) is 1. The fraction of sp³-hybridized carbons (Fsp3) is 0. The summed E-state index contributed by atoms with van der Waals surface area (Å²) in [6.07, 6.45) is 1.01. The van der Waals surface area contributed by atoms with E-state index >= 15 is 0 Å². The largest absolute Gasteiger partial charge is 0.478 e. The minimum Gasteiger partial charge on any atom is -0.478 e. The summed E-state index contributed by atoms with van der Waals surface area (Å²) in [5.74, 6) is -1.86. The summed E-state index contributed by atoms with van der Waals surface area (Å²) in [5.41, 5.74) is 0.808. The standard InChI is InChI=1S/C14H9FN2O2S/c15-9-6-10(14(18)19)13(16-7-9)20-12-5-8-3-1-2-4-11(8)17-12/h1-7,17H,(H,18,19). The zero-order valence-electron chi connectivity index (χ0n) is 10.1. The Hall–Kier alpha value is -2.34. The lowest BCUT2D eigenvalue weighted by molar-refractivity contribution is 0.0691. The first-order valence-electron chi connectivity index (χ1n) is 5.78. The van der Waals surface area contributed by atoms with Gasteiger partial charge in [0.25, 0.3) is 0 Å². The van der Waals surface area contributed by atoms with Crippen LogP contribution in [-0.4, -0.2) is 21.0 Å². The highest BCUT2D eigenvalue weighted by molar-refractivity contribution is 7.99. The van der Waals surface area contributed by atoms with Crippen LogP contribution in [0.15, 0.2) is 52.6 Å². The first-order valence-corrected chi connectivity index (χ1v) is 6.59. The van der Waals surface area contributed by atoms with E-state index in [0.29, 0.717) is 0 Å². The predicted molar refractivity (Wildman–Crippen MR) is 73.6 cm³/mol. The minimum atomic E-state index is -1.20. The van der Waals surface area contributed by atoms with E-state index in [1.807, 2.05) is 30.3 Å². The molecule has 2 heterocycles. The summed E-state index contributed by atoms with van der Waals surface area (Å²) in [4.78, 5) is 18.1. The van der Waals surface area contributed by atoms with Crippen LogP contribution < -0.4 is 0 Å². The second kappa shape index (κ2) is 4.97. The van der Waals surface area contributed by atoms with Gasteiger partial charge in [-0.2, -0.15) is 0 Å². The van der Waals surface area contributed by atoms with E-state index < -0.39 is 11.8 Å². The summed E-state index contributed by atoms with van der Waals surface area (Å²) < 4.78 is 13.1. The quantitative estimate of drug-likeness (QED) is 0.773. The molecule has 0 radical (unpaired) electrons. The zero-order valence-corrected chi connectivity index (χ0v) is 10.9. The molecule has 3 aromatic rings. The van der Waals surface area contributed by atoms with Crippen LogP contribution in [-0.2, 0) is 0 Å². The first-order chi connectivity index (χ1) is 9.63. The van der Waals surface area contributed by atoms with Gasteiger partial charge in [-0.25, -0.2) is 14.2 Å². The van der Waals surface area contributed by atoms with E-state index in [9.17, 15) is 9.18 Å². The van der Waals surface area contributed by atoms with Crippen LogP contribution in [0.5, 0.6) is 0 Å². The molecule has 3 rings (SSSR count). The molecule has 0 spiro atoms. The van der Waals surface area contributed by atoms with Gasteiger partial charge in [-0.1, -0.05) is 30.0 Å². The second-order valence-corrected chi connectivity index (χ2v) is 5.16. The third-order valence-corrected chi connectivity index (χ3v) is 3.72. The van der Waals surface area contributed by atoms with E-state index in [2.05, 4.69) is 9.97 Å². The van der Waals surface area contributed by atoms with Crippen molar-refractivity contribution in [2.24, 2.45) is 0 Å². The van der Waals surface area contributed by atoms with E-state index in [1.54, 1.807) is 0 Å². The molecule has 100 valence electrons. The molecule has 2 N–H and O–H groups in total. The Morgan fingerprint density at radius 2 is 2.10 bits per heavy atom. The molecule has 0 unspecified atom stereocenters. The smallest absolute Gasteiger partial charge is 0.338 e. The lowest BCUT2D eigenvalue weighted by atomic mass is 10.3. The van der Waals surface area contributed by atoms with Crippen molar-refractivity contribution in [2.45, 2.75) is 10.1 Å². The number of para-hydroxylation sites is 1. The molecule has 1 aromatic carbocycles. The Morgan fingerprint density at radius 1 is 1.30 bits per heavy atom. The van der Waals surface area contributed by atoms with Crippen molar-refractivity contribution in [3.8, 4) is 0 Å². The molecule has 2 aromatic heterocycles. The van der Waals surface area contributed by atoms with E-state index in [-0.39, 0.29) is 10.6 Å². The van der Waals surface area contributed by atoms with Crippen LogP contribution in [0.3, 0.4) is 0 Å². The van der Waals surface area contributed by atoms with Crippen molar-refractivity contribution in [1.29, 1.82) is 0 Å². The van der Waals surface area contributed by atoms with Gasteiger partial charge in [-0.15, -0.1) is 0 Å². The number of carboxylic acids is 1. The average Bonchev–Trinajstić information content (AvgIpc) is 2.82. The SMILES string of the molecule is O=C(O)c1cc(F)cnc1Sc1cc2ccccc2[nH]1. The number of aromatic nitrogens is 2. The van der Waals surface area contributed by atoms with Crippen molar-refractivity contribution in [1.82, 2.24) is 9.97 Å². The molecule has 0 bridgehead atoms. The number of benzene rings is 1. The lowest BCUT2D eigenvalue weighted by Gasteiger charge is -2.02. The molecule has 0 fully saturated rings. The van der Waals surface area contributed by atoms with Gasteiger partial charge in [-0.05, 0) is 18.2 Å². The molecule has 0 amide bonds. The van der Waals surface area contributed by atoms with Gasteiger partial charge in [0.2, 0.25) is 0 Å². The van der Waals surface area contributed by atoms with Crippen molar-refractivity contribution >= 4 is 28.6 Å². The number of aromatic amines is 1. The van der Waals surface area contributed by atoms with Gasteiger partial charge in [0.15, 0.2) is 0 Å². The van der Waals surface area contributed by atoms with Crippen LogP contribution in [0.2, 0.25) is 0 Å². The van der Waals surface area contributed by atoms with Gasteiger partial charge in [-0.3, -0.25) is 0 Å². The number of hydrogen-bond donors (Lipinski definition) is 2.